The quantitative estimate of drug-likeness (QED) is 0.0155. The minimum atomic E-state index is -5.81. The summed E-state index contributed by atoms with van der Waals surface area (Å²) in [5.41, 5.74) is 0. The number of nitrogens with one attached hydrogen (secondary N) is 5. The Morgan fingerprint density at radius 2 is 0.659 bits per heavy atom. The van der Waals surface area contributed by atoms with Gasteiger partial charge in [0.05, 0.1) is 118 Å². The number of aliphatic hydroxyl groups excluding tert-OH is 5. The van der Waals surface area contributed by atoms with Gasteiger partial charge in [0.15, 0.2) is 49.6 Å². The maximum Gasteiger partial charge on any atom is 0.397 e. The first-order valence-electron chi connectivity index (χ1n) is 42.2. The minimum Gasteiger partial charge on any atom is -0.479 e. The summed E-state index contributed by atoms with van der Waals surface area (Å²) in [5, 5.41) is 91.0. The highest BCUT2D eigenvalue weighted by Crippen LogP contribution is 2.39. The Kier molecular flexibility index (Phi) is 57.3. The molecular formula is C73H129N5O47S4. The first-order valence-corrected chi connectivity index (χ1v) is 47.7. The molecule has 20 atom stereocenters. The van der Waals surface area contributed by atoms with Crippen LogP contribution in [0.2, 0.25) is 0 Å². The summed E-state index contributed by atoms with van der Waals surface area (Å²) < 4.78 is 239. The van der Waals surface area contributed by atoms with Crippen molar-refractivity contribution in [1.29, 1.82) is 0 Å². The second-order valence-electron chi connectivity index (χ2n) is 29.8. The van der Waals surface area contributed by atoms with Crippen LogP contribution in [0.4, 0.5) is 0 Å². The van der Waals surface area contributed by atoms with Crippen LogP contribution in [-0.2, 0) is 172 Å². The van der Waals surface area contributed by atoms with Crippen molar-refractivity contribution in [2.45, 2.75) is 246 Å². The molecular weight excluding hydrogens is 1830 g/mol. The molecule has 0 aromatic carbocycles. The van der Waals surface area contributed by atoms with E-state index in [4.69, 9.17) is 80.3 Å². The molecule has 0 spiro atoms. The summed E-state index contributed by atoms with van der Waals surface area (Å²) >= 11 is 0. The molecule has 4 saturated heterocycles. The number of ether oxygens (including phenoxy) is 16. The molecule has 4 fully saturated rings. The van der Waals surface area contributed by atoms with Gasteiger partial charge in [-0.15, -0.1) is 0 Å². The van der Waals surface area contributed by atoms with Crippen molar-refractivity contribution in [2.75, 3.05) is 158 Å². The number of hydrogen-bond donors (Lipinski definition) is 16. The maximum atomic E-state index is 12.8. The average molecular weight is 1960 g/mol. The third kappa shape index (κ3) is 50.1. The van der Waals surface area contributed by atoms with Crippen molar-refractivity contribution in [3.8, 4) is 0 Å². The molecule has 56 heteroatoms. The molecule has 5 amide bonds. The Bertz CT molecular complexity index is 3700. The van der Waals surface area contributed by atoms with E-state index in [9.17, 15) is 121 Å². The van der Waals surface area contributed by atoms with Crippen LogP contribution in [-0.4, -0.2) is 404 Å². The van der Waals surface area contributed by atoms with Crippen LogP contribution in [0, 0.1) is 11.8 Å². The predicted molar refractivity (Wildman–Crippen MR) is 432 cm³/mol. The van der Waals surface area contributed by atoms with Crippen molar-refractivity contribution in [3.05, 3.63) is 0 Å². The lowest BCUT2D eigenvalue weighted by molar-refractivity contribution is -0.374. The zero-order valence-electron chi connectivity index (χ0n) is 71.8. The molecule has 0 aliphatic carbocycles. The standard InChI is InChI=1S/C73H129N5O47S4/c1-47-56(85)58(87)49(45-115-126(94,95)96)117-70(47)120-63-60(89)65(125-129(103,104)105)73(123-67(63)69(92)93)119-61-50(46-116-127(97,98)99)118-71(48(2)57(61)86)121-62-59(88)64(124-128(100,101)102)72(122-66(62)68(90)91)114-31-14-7-6-12-23-75-55(84)21-34-109-38-42-113-44-40-111-35-25-77-51(80)17-9-4-3-5-11-22-74-53(82)19-32-106-29-16-30-107-33-20-54(83)76-24-13-8-10-18-52(81)78-26-36-110-39-43-112-41-37-108-28-15-27-79/h27,47-50,56-67,70-73,85-89H,3-26,28-46H2,1-2H3,(H,74,82)(H,75,84)(H,76,83)(H,77,80)(H,78,81)(H,90,91)(H,92,93)(H,94,95,96)(H,97,98,99)(H,100,101,102)(H,103,104,105). The van der Waals surface area contributed by atoms with E-state index in [0.29, 0.717) is 130 Å². The van der Waals surface area contributed by atoms with E-state index in [-0.39, 0.29) is 121 Å². The van der Waals surface area contributed by atoms with Crippen molar-refractivity contribution in [1.82, 2.24) is 26.6 Å². The smallest absolute Gasteiger partial charge is 0.397 e. The van der Waals surface area contributed by atoms with Crippen LogP contribution in [0.1, 0.15) is 136 Å². The summed E-state index contributed by atoms with van der Waals surface area (Å²) in [4.78, 5) is 96.8. The zero-order valence-corrected chi connectivity index (χ0v) is 75.0. The molecule has 4 aliphatic heterocycles. The van der Waals surface area contributed by atoms with Crippen molar-refractivity contribution >= 4 is 89.4 Å². The van der Waals surface area contributed by atoms with E-state index in [0.717, 1.165) is 65.1 Å². The lowest BCUT2D eigenvalue weighted by Crippen LogP contribution is -2.67. The van der Waals surface area contributed by atoms with Crippen LogP contribution in [0.5, 0.6) is 0 Å². The molecule has 752 valence electrons. The zero-order chi connectivity index (χ0) is 95.4. The number of aliphatic hydroxyl groups is 5. The number of carboxylic acids is 2. The molecule has 20 unspecified atom stereocenters. The maximum absolute atomic E-state index is 12.8. The first-order chi connectivity index (χ1) is 61.2. The van der Waals surface area contributed by atoms with Gasteiger partial charge < -0.3 is 143 Å². The van der Waals surface area contributed by atoms with Gasteiger partial charge in [-0.2, -0.15) is 33.7 Å². The Balaban J connectivity index is 1.01. The molecule has 0 aromatic rings. The van der Waals surface area contributed by atoms with Crippen LogP contribution in [0.25, 0.3) is 0 Å². The highest BCUT2D eigenvalue weighted by Gasteiger charge is 2.59. The van der Waals surface area contributed by atoms with Gasteiger partial charge in [0.2, 0.25) is 29.5 Å². The van der Waals surface area contributed by atoms with E-state index in [2.05, 4.69) is 43.3 Å². The van der Waals surface area contributed by atoms with Gasteiger partial charge in [0.1, 0.15) is 55.1 Å². The fourth-order valence-electron chi connectivity index (χ4n) is 12.9. The number of aliphatic carboxylic acids is 2. The summed E-state index contributed by atoms with van der Waals surface area (Å²) in [5.74, 6) is -7.82. The fraction of sp³-hybridized carbons (Fsp3) is 0.890. The summed E-state index contributed by atoms with van der Waals surface area (Å²) in [6, 6.07) is 0. The molecule has 0 bridgehead atoms. The van der Waals surface area contributed by atoms with Crippen LogP contribution in [0.15, 0.2) is 0 Å². The largest absolute Gasteiger partial charge is 0.479 e. The molecule has 129 heavy (non-hydrogen) atoms. The topological polar surface area (TPSA) is 740 Å². The highest BCUT2D eigenvalue weighted by molar-refractivity contribution is 7.81. The lowest BCUT2D eigenvalue weighted by Gasteiger charge is -2.49. The number of aldehydes is 1. The Morgan fingerprint density at radius 1 is 0.318 bits per heavy atom. The molecule has 0 radical (unpaired) electrons. The second kappa shape index (κ2) is 63.8. The molecule has 52 nitrogen and oxygen atoms in total. The van der Waals surface area contributed by atoms with Crippen LogP contribution >= 0.6 is 0 Å². The van der Waals surface area contributed by atoms with Gasteiger partial charge in [0.25, 0.3) is 0 Å². The number of carbonyl (C=O) groups excluding carboxylic acids is 6. The monoisotopic (exact) mass is 1960 g/mol. The third-order valence-electron chi connectivity index (χ3n) is 19.6. The number of unbranched alkanes of at least 4 members (excludes halogenated alkanes) is 9. The summed E-state index contributed by atoms with van der Waals surface area (Å²) in [7, 11) is -22.1. The molecule has 16 N–H and O–H groups in total. The van der Waals surface area contributed by atoms with E-state index in [1.165, 1.54) is 0 Å². The van der Waals surface area contributed by atoms with E-state index >= 15 is 0 Å². The van der Waals surface area contributed by atoms with E-state index in [1.807, 2.05) is 0 Å². The van der Waals surface area contributed by atoms with E-state index in [1.54, 1.807) is 0 Å². The number of carboxylic acid groups (broad SMARTS) is 2. The highest BCUT2D eigenvalue weighted by atomic mass is 32.3. The third-order valence-corrected chi connectivity index (χ3v) is 21.4. The van der Waals surface area contributed by atoms with Crippen molar-refractivity contribution in [2.24, 2.45) is 11.8 Å². The van der Waals surface area contributed by atoms with Crippen LogP contribution in [0.3, 0.4) is 0 Å². The van der Waals surface area contributed by atoms with Gasteiger partial charge in [0, 0.05) is 103 Å². The fourth-order valence-corrected chi connectivity index (χ4v) is 14.4. The summed E-state index contributed by atoms with van der Waals surface area (Å²) in [6.07, 6.45) is -30.7. The number of amides is 5. The average Bonchev–Trinajstić information content (AvgIpc) is 0.766. The van der Waals surface area contributed by atoms with E-state index < -0.39 is 189 Å². The van der Waals surface area contributed by atoms with Gasteiger partial charge in [-0.3, -0.25) is 42.2 Å². The first kappa shape index (κ1) is 116. The molecule has 0 aromatic heterocycles. The Morgan fingerprint density at radius 3 is 1.09 bits per heavy atom. The van der Waals surface area contributed by atoms with Crippen molar-refractivity contribution < 1.29 is 219 Å². The van der Waals surface area contributed by atoms with Crippen molar-refractivity contribution in [3.63, 3.8) is 0 Å². The second-order valence-corrected chi connectivity index (χ2v) is 34.1. The van der Waals surface area contributed by atoms with Gasteiger partial charge in [-0.05, 0) is 44.9 Å². The SMILES string of the molecule is CC1C(OC2C(C(=O)O)OC(OC3C(COS(=O)(=O)O)OC(OC4C(C(=O)O)OC(OCCCCCCNC(=O)CCOCCOCCOCCNC(=O)CCCCCCCNC(=O)CCOCCCOCCC(=O)NCCCCCC(=O)NCCOCCOCCOCCC=O)C(OS(=O)(=O)O)C4O)C(C)C3O)C(OS(=O)(=O)O)C2O)OC(COS(=O)(=O)O)C(O)C1O. The van der Waals surface area contributed by atoms with Gasteiger partial charge >= 0.3 is 53.5 Å². The molecule has 4 rings (SSSR count). The predicted octanol–water partition coefficient (Wildman–Crippen LogP) is -4.36. The lowest BCUT2D eigenvalue weighted by atomic mass is 9.91. The molecule has 4 heterocycles. The summed E-state index contributed by atoms with van der Waals surface area (Å²) in [6.45, 7) is 6.32. The van der Waals surface area contributed by atoms with Gasteiger partial charge in [-0.1, -0.05) is 52.4 Å². The molecule has 4 aliphatic rings. The number of hydrogen-bond acceptors (Lipinski definition) is 41. The molecule has 0 saturated carbocycles. The van der Waals surface area contributed by atoms with Gasteiger partial charge in [-0.25, -0.2) is 26.3 Å². The Hall–Kier alpha value is -5.40. The minimum absolute atomic E-state index is 0.0347. The van der Waals surface area contributed by atoms with Crippen LogP contribution < -0.4 is 26.6 Å². The normalized spacial score (nSPS) is 26.3. The number of carbonyl (C=O) groups is 8. The number of rotatable bonds is 74. The Labute approximate surface area is 747 Å².